The highest BCUT2D eigenvalue weighted by atomic mass is 16.5. The molecule has 0 aliphatic heterocycles. The summed E-state index contributed by atoms with van der Waals surface area (Å²) < 4.78 is 5.31. The first kappa shape index (κ1) is 18.7. The van der Waals surface area contributed by atoms with Gasteiger partial charge in [0.1, 0.15) is 0 Å². The molecule has 0 amide bonds. The highest BCUT2D eigenvalue weighted by Crippen LogP contribution is 2.26. The van der Waals surface area contributed by atoms with Crippen LogP contribution < -0.4 is 0 Å². The molecule has 3 heteroatoms. The van der Waals surface area contributed by atoms with E-state index in [4.69, 9.17) is 4.74 Å². The number of ether oxygens (including phenoxy) is 1. The number of methoxy groups -OCH3 is 1. The molecule has 0 heterocycles. The fourth-order valence-electron chi connectivity index (χ4n) is 2.93. The summed E-state index contributed by atoms with van der Waals surface area (Å²) in [5.74, 6) is -0.677. The second-order valence-electron chi connectivity index (χ2n) is 5.95. The molecule has 0 radical (unpaired) electrons. The number of benzene rings is 1. The third-order valence-corrected chi connectivity index (χ3v) is 4.16. The Morgan fingerprint density at radius 1 is 1.09 bits per heavy atom. The van der Waals surface area contributed by atoms with Crippen LogP contribution in [0.2, 0.25) is 0 Å². The van der Waals surface area contributed by atoms with Gasteiger partial charge in [-0.3, -0.25) is 0 Å². The van der Waals surface area contributed by atoms with E-state index in [9.17, 15) is 9.90 Å². The Hall–Kier alpha value is -1.35. The fraction of sp³-hybridized carbons (Fsp3) is 0.632. The van der Waals surface area contributed by atoms with Crippen LogP contribution in [0.15, 0.2) is 24.3 Å². The molecule has 1 unspecified atom stereocenters. The third-order valence-electron chi connectivity index (χ3n) is 4.16. The maximum Gasteiger partial charge on any atom is 0.335 e. The van der Waals surface area contributed by atoms with E-state index < -0.39 is 5.97 Å². The minimum atomic E-state index is -0.851. The summed E-state index contributed by atoms with van der Waals surface area (Å²) in [6.45, 7) is 2.81. The Labute approximate surface area is 134 Å². The predicted octanol–water partition coefficient (Wildman–Crippen LogP) is 5.26. The smallest absolute Gasteiger partial charge is 0.335 e. The number of rotatable bonds is 12. The Kier molecular flexibility index (Phi) is 9.56. The molecule has 1 aromatic rings. The summed E-state index contributed by atoms with van der Waals surface area (Å²) >= 11 is 0. The van der Waals surface area contributed by atoms with Gasteiger partial charge in [-0.25, -0.2) is 4.79 Å². The number of carboxylic acids is 1. The average molecular weight is 306 g/mol. The topological polar surface area (TPSA) is 46.5 Å². The molecule has 3 nitrogen and oxygen atoms in total. The van der Waals surface area contributed by atoms with Crippen molar-refractivity contribution in [2.24, 2.45) is 0 Å². The molecule has 0 aliphatic rings. The van der Waals surface area contributed by atoms with Crippen LogP contribution in [0.5, 0.6) is 0 Å². The second-order valence-corrected chi connectivity index (χ2v) is 5.95. The van der Waals surface area contributed by atoms with Crippen molar-refractivity contribution in [3.63, 3.8) is 0 Å². The molecule has 22 heavy (non-hydrogen) atoms. The minimum absolute atomic E-state index is 0.174. The first-order valence-electron chi connectivity index (χ1n) is 8.51. The van der Waals surface area contributed by atoms with Crippen molar-refractivity contribution < 1.29 is 14.6 Å². The summed E-state index contributed by atoms with van der Waals surface area (Å²) in [6.07, 6.45) is 9.88. The number of hydrogen-bond donors (Lipinski definition) is 1. The predicted molar refractivity (Wildman–Crippen MR) is 90.6 cm³/mol. The quantitative estimate of drug-likeness (QED) is 0.536. The molecule has 0 aromatic heterocycles. The molecule has 0 spiro atoms. The van der Waals surface area contributed by atoms with E-state index in [1.807, 2.05) is 12.1 Å². The van der Waals surface area contributed by atoms with Gasteiger partial charge in [-0.15, -0.1) is 0 Å². The third kappa shape index (κ3) is 6.61. The lowest BCUT2D eigenvalue weighted by Crippen LogP contribution is -2.12. The first-order valence-corrected chi connectivity index (χ1v) is 8.51. The van der Waals surface area contributed by atoms with Crippen LogP contribution in [0.25, 0.3) is 0 Å². The van der Waals surface area contributed by atoms with Gasteiger partial charge in [0, 0.05) is 13.0 Å². The van der Waals surface area contributed by atoms with Crippen molar-refractivity contribution in [2.45, 2.75) is 64.2 Å². The van der Waals surface area contributed by atoms with Crippen LogP contribution in [-0.4, -0.2) is 24.8 Å². The van der Waals surface area contributed by atoms with Crippen LogP contribution in [0, 0.1) is 0 Å². The van der Waals surface area contributed by atoms with E-state index in [1.54, 1.807) is 19.2 Å². The van der Waals surface area contributed by atoms with Gasteiger partial charge in [-0.2, -0.15) is 0 Å². The van der Waals surface area contributed by atoms with Crippen LogP contribution in [0.4, 0.5) is 0 Å². The minimum Gasteiger partial charge on any atom is -0.478 e. The Bertz CT molecular complexity index is 428. The standard InChI is InChI=1S/C19H30O3/c1-3-4-5-6-7-8-9-12-16(15-22-2)17-13-10-11-14-18(17)19(20)21/h10-11,13-14,16H,3-9,12,15H2,1-2H3,(H,20,21). The Morgan fingerprint density at radius 3 is 2.36 bits per heavy atom. The highest BCUT2D eigenvalue weighted by molar-refractivity contribution is 5.89. The van der Waals surface area contributed by atoms with Gasteiger partial charge in [-0.1, -0.05) is 70.1 Å². The Morgan fingerprint density at radius 2 is 1.73 bits per heavy atom. The number of hydrogen-bond acceptors (Lipinski definition) is 2. The SMILES string of the molecule is CCCCCCCCCC(COC)c1ccccc1C(=O)O. The number of unbranched alkanes of at least 4 members (excludes halogenated alkanes) is 6. The van der Waals surface area contributed by atoms with Gasteiger partial charge < -0.3 is 9.84 Å². The molecule has 1 rings (SSSR count). The average Bonchev–Trinajstić information content (AvgIpc) is 2.53. The van der Waals surface area contributed by atoms with E-state index in [0.29, 0.717) is 12.2 Å². The van der Waals surface area contributed by atoms with Gasteiger partial charge >= 0.3 is 5.97 Å². The Balaban J connectivity index is 2.50. The normalized spacial score (nSPS) is 12.3. The molecule has 1 N–H and O–H groups in total. The lowest BCUT2D eigenvalue weighted by Gasteiger charge is -2.18. The van der Waals surface area contributed by atoms with E-state index in [-0.39, 0.29) is 5.92 Å². The summed E-state index contributed by atoms with van der Waals surface area (Å²) in [7, 11) is 1.68. The monoisotopic (exact) mass is 306 g/mol. The van der Waals surface area contributed by atoms with Crippen molar-refractivity contribution in [1.29, 1.82) is 0 Å². The maximum absolute atomic E-state index is 11.4. The highest BCUT2D eigenvalue weighted by Gasteiger charge is 2.18. The van der Waals surface area contributed by atoms with Gasteiger partial charge in [0.15, 0.2) is 0 Å². The molecule has 0 saturated carbocycles. The van der Waals surface area contributed by atoms with E-state index in [2.05, 4.69) is 6.92 Å². The molecular weight excluding hydrogens is 276 g/mol. The van der Waals surface area contributed by atoms with Crippen LogP contribution in [0.1, 0.15) is 80.1 Å². The van der Waals surface area contributed by atoms with Crippen molar-refractivity contribution in [1.82, 2.24) is 0 Å². The maximum atomic E-state index is 11.4. The summed E-state index contributed by atoms with van der Waals surface area (Å²) in [6, 6.07) is 7.30. The van der Waals surface area contributed by atoms with E-state index in [0.717, 1.165) is 18.4 Å². The van der Waals surface area contributed by atoms with E-state index >= 15 is 0 Å². The van der Waals surface area contributed by atoms with Gasteiger partial charge in [0.05, 0.1) is 12.2 Å². The zero-order valence-electron chi connectivity index (χ0n) is 14.0. The van der Waals surface area contributed by atoms with Crippen molar-refractivity contribution in [3.05, 3.63) is 35.4 Å². The van der Waals surface area contributed by atoms with Gasteiger partial charge in [0.2, 0.25) is 0 Å². The second kappa shape index (κ2) is 11.2. The summed E-state index contributed by atoms with van der Waals surface area (Å²) in [5, 5.41) is 9.33. The molecule has 0 saturated heterocycles. The zero-order chi connectivity index (χ0) is 16.2. The molecule has 1 atom stereocenters. The van der Waals surface area contributed by atoms with Crippen molar-refractivity contribution in [3.8, 4) is 0 Å². The number of carbonyl (C=O) groups is 1. The molecule has 0 aliphatic carbocycles. The zero-order valence-corrected chi connectivity index (χ0v) is 14.0. The van der Waals surface area contributed by atoms with Gasteiger partial charge in [0.25, 0.3) is 0 Å². The van der Waals surface area contributed by atoms with Crippen molar-refractivity contribution >= 4 is 5.97 Å². The van der Waals surface area contributed by atoms with E-state index in [1.165, 1.54) is 38.5 Å². The van der Waals surface area contributed by atoms with Crippen molar-refractivity contribution in [2.75, 3.05) is 13.7 Å². The molecule has 0 bridgehead atoms. The molecular formula is C19H30O3. The largest absolute Gasteiger partial charge is 0.478 e. The lowest BCUT2D eigenvalue weighted by atomic mass is 9.90. The number of aromatic carboxylic acids is 1. The first-order chi connectivity index (χ1) is 10.7. The van der Waals surface area contributed by atoms with Crippen LogP contribution in [0.3, 0.4) is 0 Å². The molecule has 0 fully saturated rings. The molecule has 124 valence electrons. The summed E-state index contributed by atoms with van der Waals surface area (Å²) in [5.41, 5.74) is 1.32. The fourth-order valence-corrected chi connectivity index (χ4v) is 2.93. The summed E-state index contributed by atoms with van der Waals surface area (Å²) in [4.78, 5) is 11.4. The van der Waals surface area contributed by atoms with Gasteiger partial charge in [-0.05, 0) is 18.1 Å². The number of carboxylic acid groups (broad SMARTS) is 1. The lowest BCUT2D eigenvalue weighted by molar-refractivity contribution is 0.0694. The van der Waals surface area contributed by atoms with Crippen LogP contribution >= 0.6 is 0 Å². The van der Waals surface area contributed by atoms with Crippen LogP contribution in [-0.2, 0) is 4.74 Å². The molecule has 1 aromatic carbocycles.